The van der Waals surface area contributed by atoms with Crippen molar-refractivity contribution >= 4 is 17.2 Å². The number of fused-ring (bicyclic) bond motifs is 1. The number of aromatic amines is 2. The molecule has 0 atom stereocenters. The highest BCUT2D eigenvalue weighted by Gasteiger charge is 2.20. The van der Waals surface area contributed by atoms with Crippen molar-refractivity contribution in [2.75, 3.05) is 5.32 Å². The van der Waals surface area contributed by atoms with Gasteiger partial charge in [-0.2, -0.15) is 4.52 Å². The molecule has 2 aromatic heterocycles. The van der Waals surface area contributed by atoms with Crippen LogP contribution in [0.25, 0.3) is 16.9 Å². The first-order chi connectivity index (χ1) is 13.6. The summed E-state index contributed by atoms with van der Waals surface area (Å²) in [7, 11) is 0. The molecule has 2 heterocycles. The Morgan fingerprint density at radius 1 is 1.04 bits per heavy atom. The summed E-state index contributed by atoms with van der Waals surface area (Å²) in [6.07, 6.45) is 0. The van der Waals surface area contributed by atoms with Gasteiger partial charge in [-0.25, -0.2) is 0 Å². The molecule has 28 heavy (non-hydrogen) atoms. The Bertz CT molecular complexity index is 1290. The lowest BCUT2D eigenvalue weighted by Crippen LogP contribution is -2.20. The van der Waals surface area contributed by atoms with Crippen molar-refractivity contribution in [3.63, 3.8) is 0 Å². The molecule has 1 amide bonds. The highest BCUT2D eigenvalue weighted by molar-refractivity contribution is 6.08. The van der Waals surface area contributed by atoms with Gasteiger partial charge < -0.3 is 15.4 Å². The van der Waals surface area contributed by atoms with Crippen LogP contribution in [0.5, 0.6) is 0 Å². The molecule has 0 aliphatic rings. The topological polar surface area (TPSA) is 119 Å². The molecule has 4 N–H and O–H groups in total. The number of carbonyl (C=O) groups is 1. The Labute approximate surface area is 158 Å². The van der Waals surface area contributed by atoms with Crippen molar-refractivity contribution in [3.05, 3.63) is 92.5 Å². The highest BCUT2D eigenvalue weighted by atomic mass is 16.3. The molecule has 2 aromatic carbocycles. The number of nitrogens with one attached hydrogen (secondary N) is 3. The van der Waals surface area contributed by atoms with Gasteiger partial charge in [-0.15, -0.1) is 0 Å². The number of benzene rings is 2. The molecule has 8 heteroatoms. The minimum atomic E-state index is -0.686. The van der Waals surface area contributed by atoms with Gasteiger partial charge in [0, 0.05) is 11.8 Å². The van der Waals surface area contributed by atoms with Crippen molar-refractivity contribution in [2.24, 2.45) is 0 Å². The third kappa shape index (κ3) is 3.12. The van der Waals surface area contributed by atoms with Crippen LogP contribution >= 0.6 is 0 Å². The maximum Gasteiger partial charge on any atom is 0.279 e. The predicted octanol–water partition coefficient (Wildman–Crippen LogP) is 1.73. The van der Waals surface area contributed by atoms with E-state index in [0.717, 1.165) is 10.1 Å². The number of anilines is 1. The molecule has 0 spiro atoms. The summed E-state index contributed by atoms with van der Waals surface area (Å²) in [6, 6.07) is 17.1. The molecule has 0 bridgehead atoms. The molecule has 0 aliphatic carbocycles. The van der Waals surface area contributed by atoms with E-state index in [2.05, 4.69) is 15.4 Å². The first-order valence-corrected chi connectivity index (χ1v) is 8.51. The van der Waals surface area contributed by atoms with Crippen LogP contribution in [0, 0.1) is 0 Å². The van der Waals surface area contributed by atoms with Crippen molar-refractivity contribution in [1.82, 2.24) is 14.6 Å². The number of nitrogens with zero attached hydrogens (tertiary/aromatic N) is 1. The average Bonchev–Trinajstić information content (AvgIpc) is 3.05. The number of carbonyl (C=O) groups excluding carboxylic acids is 1. The second-order valence-electron chi connectivity index (χ2n) is 6.20. The Kier molecular flexibility index (Phi) is 4.38. The maximum absolute atomic E-state index is 12.7. The van der Waals surface area contributed by atoms with E-state index in [9.17, 15) is 19.5 Å². The van der Waals surface area contributed by atoms with E-state index in [0.29, 0.717) is 16.9 Å². The zero-order valence-electron chi connectivity index (χ0n) is 14.6. The molecule has 4 rings (SSSR count). The quantitative estimate of drug-likeness (QED) is 0.434. The number of aliphatic hydroxyl groups is 1. The number of hydrogen-bond donors (Lipinski definition) is 4. The summed E-state index contributed by atoms with van der Waals surface area (Å²) in [5, 5.41) is 14.2. The van der Waals surface area contributed by atoms with Gasteiger partial charge in [0.1, 0.15) is 5.56 Å². The molecule has 0 saturated heterocycles. The molecule has 0 saturated carbocycles. The number of amides is 1. The lowest BCUT2D eigenvalue weighted by Gasteiger charge is -2.06. The summed E-state index contributed by atoms with van der Waals surface area (Å²) in [5.74, 6) is -0.667. The van der Waals surface area contributed by atoms with Crippen LogP contribution in [0.3, 0.4) is 0 Å². The number of aromatic nitrogens is 3. The molecule has 4 aromatic rings. The minimum Gasteiger partial charge on any atom is -0.392 e. The van der Waals surface area contributed by atoms with Crippen LogP contribution in [-0.4, -0.2) is 25.6 Å². The van der Waals surface area contributed by atoms with Gasteiger partial charge in [0.25, 0.3) is 17.0 Å². The largest absolute Gasteiger partial charge is 0.392 e. The Morgan fingerprint density at radius 2 is 1.82 bits per heavy atom. The molecule has 0 aliphatic heterocycles. The van der Waals surface area contributed by atoms with E-state index >= 15 is 0 Å². The normalized spacial score (nSPS) is 10.9. The van der Waals surface area contributed by atoms with E-state index < -0.39 is 17.0 Å². The molecular weight excluding hydrogens is 360 g/mol. The van der Waals surface area contributed by atoms with E-state index in [1.54, 1.807) is 24.3 Å². The van der Waals surface area contributed by atoms with Gasteiger partial charge in [-0.05, 0) is 23.3 Å². The van der Waals surface area contributed by atoms with Gasteiger partial charge in [0.15, 0.2) is 5.65 Å². The van der Waals surface area contributed by atoms with Crippen LogP contribution in [-0.2, 0) is 6.61 Å². The molecule has 0 radical (unpaired) electrons. The summed E-state index contributed by atoms with van der Waals surface area (Å²) in [4.78, 5) is 40.5. The number of rotatable bonds is 4. The molecule has 140 valence electrons. The second-order valence-corrected chi connectivity index (χ2v) is 6.20. The number of hydrogen-bond acceptors (Lipinski definition) is 4. The van der Waals surface area contributed by atoms with Gasteiger partial charge in [-0.3, -0.25) is 19.5 Å². The van der Waals surface area contributed by atoms with Gasteiger partial charge in [-0.1, -0.05) is 42.5 Å². The first-order valence-electron chi connectivity index (χ1n) is 8.51. The molecule has 0 fully saturated rings. The average molecular weight is 376 g/mol. The van der Waals surface area contributed by atoms with Gasteiger partial charge >= 0.3 is 0 Å². The van der Waals surface area contributed by atoms with Crippen LogP contribution in [0.1, 0.15) is 15.9 Å². The third-order valence-electron chi connectivity index (χ3n) is 4.32. The Morgan fingerprint density at radius 3 is 2.57 bits per heavy atom. The fourth-order valence-corrected chi connectivity index (χ4v) is 2.99. The summed E-state index contributed by atoms with van der Waals surface area (Å²) < 4.78 is 1.01. The lowest BCUT2D eigenvalue weighted by atomic mass is 10.1. The molecule has 8 nitrogen and oxygen atoms in total. The SMILES string of the molecule is O=C(Nc1cccc(CO)c1)c1c(=O)[nH]n2c(=O)cc(-c3ccccc3)[nH]c12. The zero-order chi connectivity index (χ0) is 19.7. The second kappa shape index (κ2) is 7.01. The van der Waals surface area contributed by atoms with Crippen molar-refractivity contribution in [1.29, 1.82) is 0 Å². The third-order valence-corrected chi connectivity index (χ3v) is 4.32. The number of aliphatic hydroxyl groups excluding tert-OH is 1. The van der Waals surface area contributed by atoms with E-state index in [4.69, 9.17) is 0 Å². The van der Waals surface area contributed by atoms with Crippen LogP contribution in [0.4, 0.5) is 5.69 Å². The van der Waals surface area contributed by atoms with E-state index in [1.807, 2.05) is 30.3 Å². The molecular formula is C20H16N4O4. The Balaban J connectivity index is 1.81. The highest BCUT2D eigenvalue weighted by Crippen LogP contribution is 2.17. The molecule has 0 unspecified atom stereocenters. The van der Waals surface area contributed by atoms with Gasteiger partial charge in [0.2, 0.25) is 0 Å². The smallest absolute Gasteiger partial charge is 0.279 e. The van der Waals surface area contributed by atoms with Crippen molar-refractivity contribution < 1.29 is 9.90 Å². The lowest BCUT2D eigenvalue weighted by molar-refractivity contribution is 0.102. The standard InChI is InChI=1S/C20H16N4O4/c25-11-12-5-4-8-14(9-12)21-19(27)17-18-22-15(13-6-2-1-3-7-13)10-16(26)24(18)23-20(17)28/h1-10,22,25H,11H2,(H,21,27)(H,23,28). The van der Waals surface area contributed by atoms with E-state index in [1.165, 1.54) is 6.07 Å². The first kappa shape index (κ1) is 17.5. The fraction of sp³-hybridized carbons (Fsp3) is 0.0500. The fourth-order valence-electron chi connectivity index (χ4n) is 2.99. The summed E-state index contributed by atoms with van der Waals surface area (Å²) in [6.45, 7) is -0.173. The van der Waals surface area contributed by atoms with Crippen LogP contribution in [0.2, 0.25) is 0 Å². The van der Waals surface area contributed by atoms with Crippen LogP contribution in [0.15, 0.2) is 70.3 Å². The van der Waals surface area contributed by atoms with Gasteiger partial charge in [0.05, 0.1) is 12.3 Å². The summed E-state index contributed by atoms with van der Waals surface area (Å²) >= 11 is 0. The monoisotopic (exact) mass is 376 g/mol. The van der Waals surface area contributed by atoms with Crippen molar-refractivity contribution in [3.8, 4) is 11.3 Å². The van der Waals surface area contributed by atoms with E-state index in [-0.39, 0.29) is 17.8 Å². The predicted molar refractivity (Wildman–Crippen MR) is 104 cm³/mol. The Hall–Kier alpha value is -3.91. The maximum atomic E-state index is 12.7. The number of H-pyrrole nitrogens is 2. The zero-order valence-corrected chi connectivity index (χ0v) is 14.6. The van der Waals surface area contributed by atoms with Crippen LogP contribution < -0.4 is 16.4 Å². The minimum absolute atomic E-state index is 0.0761. The summed E-state index contributed by atoms with van der Waals surface area (Å²) in [5.41, 5.74) is 1.00. The van der Waals surface area contributed by atoms with Crippen molar-refractivity contribution in [2.45, 2.75) is 6.61 Å².